The molecule has 1 saturated carbocycles. The van der Waals surface area contributed by atoms with Gasteiger partial charge in [0.1, 0.15) is 6.61 Å². The lowest BCUT2D eigenvalue weighted by Crippen LogP contribution is -2.36. The van der Waals surface area contributed by atoms with Gasteiger partial charge in [-0.25, -0.2) is 17.6 Å². The summed E-state index contributed by atoms with van der Waals surface area (Å²) in [5.41, 5.74) is -0.00618. The van der Waals surface area contributed by atoms with Crippen molar-refractivity contribution in [3.8, 4) is 0 Å². The van der Waals surface area contributed by atoms with Gasteiger partial charge in [0.15, 0.2) is 17.8 Å². The first-order chi connectivity index (χ1) is 11.0. The highest BCUT2D eigenvalue weighted by molar-refractivity contribution is 6.37. The number of alkyl halides is 3. The van der Waals surface area contributed by atoms with Crippen molar-refractivity contribution >= 4 is 40.8 Å². The monoisotopic (exact) mass is 406 g/mol. The van der Waals surface area contributed by atoms with Crippen LogP contribution in [-0.2, 0) is 9.53 Å². The molecule has 2 aliphatic rings. The molecular weight excluding hydrogens is 395 g/mol. The highest BCUT2D eigenvalue weighted by Gasteiger charge is 2.64. The van der Waals surface area contributed by atoms with E-state index in [0.29, 0.717) is 6.08 Å². The van der Waals surface area contributed by atoms with E-state index in [1.165, 1.54) is 0 Å². The van der Waals surface area contributed by atoms with Crippen LogP contribution in [0.25, 0.3) is 0 Å². The third kappa shape index (κ3) is 3.20. The molecule has 24 heavy (non-hydrogen) atoms. The van der Waals surface area contributed by atoms with Crippen molar-refractivity contribution < 1.29 is 27.1 Å². The van der Waals surface area contributed by atoms with Crippen LogP contribution in [0.4, 0.5) is 17.6 Å². The predicted octanol–water partition coefficient (Wildman–Crippen LogP) is 5.45. The molecule has 0 aromatic rings. The third-order valence-corrected chi connectivity index (χ3v) is 5.37. The molecule has 0 amide bonds. The van der Waals surface area contributed by atoms with Crippen LogP contribution in [0.3, 0.4) is 0 Å². The van der Waals surface area contributed by atoms with Crippen LogP contribution in [0, 0.1) is 17.3 Å². The van der Waals surface area contributed by atoms with Gasteiger partial charge in [0.05, 0.1) is 5.92 Å². The van der Waals surface area contributed by atoms with Gasteiger partial charge >= 0.3 is 5.97 Å². The van der Waals surface area contributed by atoms with Gasteiger partial charge < -0.3 is 4.74 Å². The van der Waals surface area contributed by atoms with E-state index in [-0.39, 0.29) is 11.0 Å². The maximum Gasteiger partial charge on any atom is 0.310 e. The summed E-state index contributed by atoms with van der Waals surface area (Å²) in [5, 5.41) is -3.39. The quantitative estimate of drug-likeness (QED) is 0.352. The Bertz CT molecular complexity index is 655. The van der Waals surface area contributed by atoms with E-state index in [2.05, 4.69) is 0 Å². The number of carbonyl (C=O) groups excluding carboxylic acids is 1. The molecule has 0 N–H and O–H groups in total. The molecule has 4 unspecified atom stereocenters. The highest BCUT2D eigenvalue weighted by atomic mass is 35.5. The Kier molecular flexibility index (Phi) is 5.34. The molecule has 0 aliphatic heterocycles. The molecule has 9 heteroatoms. The van der Waals surface area contributed by atoms with E-state index < -0.39 is 52.4 Å². The van der Waals surface area contributed by atoms with Crippen molar-refractivity contribution in [3.05, 3.63) is 33.9 Å². The lowest BCUT2D eigenvalue weighted by Gasteiger charge is -2.26. The average Bonchev–Trinajstić information content (AvgIpc) is 3.09. The minimum atomic E-state index is -3.66. The Hall–Kier alpha value is -0.720. The molecule has 0 radical (unpaired) electrons. The van der Waals surface area contributed by atoms with Crippen molar-refractivity contribution in [1.29, 1.82) is 0 Å². The van der Waals surface area contributed by atoms with Crippen LogP contribution in [-0.4, -0.2) is 23.9 Å². The maximum atomic E-state index is 13.9. The van der Waals surface area contributed by atoms with E-state index in [0.717, 1.165) is 5.54 Å². The van der Waals surface area contributed by atoms with Crippen LogP contribution in [0.2, 0.25) is 0 Å². The number of rotatable bonds is 4. The second-order valence-electron chi connectivity index (χ2n) is 6.25. The molecule has 2 nitrogen and oxygen atoms in total. The van der Waals surface area contributed by atoms with Crippen molar-refractivity contribution in [2.45, 2.75) is 25.1 Å². The van der Waals surface area contributed by atoms with E-state index in [1.54, 1.807) is 13.8 Å². The zero-order valence-electron chi connectivity index (χ0n) is 12.6. The molecule has 0 spiro atoms. The number of esters is 1. The molecule has 1 fully saturated rings. The Morgan fingerprint density at radius 1 is 1.38 bits per heavy atom. The summed E-state index contributed by atoms with van der Waals surface area (Å²) < 4.78 is 58.9. The van der Waals surface area contributed by atoms with E-state index in [4.69, 9.17) is 39.5 Å². The first-order valence-corrected chi connectivity index (χ1v) is 8.06. The lowest BCUT2D eigenvalue weighted by atomic mass is 10.00. The van der Waals surface area contributed by atoms with Gasteiger partial charge in [0, 0.05) is 22.1 Å². The van der Waals surface area contributed by atoms with Gasteiger partial charge in [0.25, 0.3) is 5.13 Å². The fraction of sp³-hybridized carbons (Fsp3) is 0.533. The zero-order chi connectivity index (χ0) is 18.4. The van der Waals surface area contributed by atoms with Crippen molar-refractivity contribution in [3.63, 3.8) is 0 Å². The summed E-state index contributed by atoms with van der Waals surface area (Å²) in [6.45, 7) is 2.75. The first-order valence-electron chi connectivity index (χ1n) is 6.86. The fourth-order valence-corrected chi connectivity index (χ4v) is 3.60. The summed E-state index contributed by atoms with van der Waals surface area (Å²) in [4.78, 5) is 12.1. The third-order valence-electron chi connectivity index (χ3n) is 4.32. The fourth-order valence-electron chi connectivity index (χ4n) is 2.82. The number of hydrogen-bond donors (Lipinski definition) is 0. The van der Waals surface area contributed by atoms with Gasteiger partial charge in [-0.2, -0.15) is 0 Å². The topological polar surface area (TPSA) is 26.3 Å². The zero-order valence-corrected chi connectivity index (χ0v) is 14.8. The second kappa shape index (κ2) is 6.54. The second-order valence-corrected chi connectivity index (χ2v) is 7.45. The minimum Gasteiger partial charge on any atom is -0.461 e. The number of hydrogen-bond acceptors (Lipinski definition) is 2. The number of allylic oxidation sites excluding steroid dienone is 4. The molecule has 2 rings (SSSR count). The molecule has 134 valence electrons. The van der Waals surface area contributed by atoms with Gasteiger partial charge in [-0.15, -0.1) is 0 Å². The molecule has 0 heterocycles. The van der Waals surface area contributed by atoms with Crippen LogP contribution in [0.1, 0.15) is 13.8 Å². The molecule has 4 atom stereocenters. The highest BCUT2D eigenvalue weighted by Crippen LogP contribution is 2.63. The summed E-state index contributed by atoms with van der Waals surface area (Å²) in [7, 11) is 0. The van der Waals surface area contributed by atoms with Crippen LogP contribution in [0.15, 0.2) is 33.9 Å². The predicted molar refractivity (Wildman–Crippen MR) is 83.4 cm³/mol. The molecule has 2 aliphatic carbocycles. The average molecular weight is 408 g/mol. The molecule has 0 aromatic carbocycles. The molecule has 0 aromatic heterocycles. The molecule has 0 saturated heterocycles. The van der Waals surface area contributed by atoms with Gasteiger partial charge in [0.2, 0.25) is 0 Å². The van der Waals surface area contributed by atoms with E-state index in [1.807, 2.05) is 0 Å². The van der Waals surface area contributed by atoms with Gasteiger partial charge in [-0.1, -0.05) is 48.7 Å². The van der Waals surface area contributed by atoms with Gasteiger partial charge in [-0.3, -0.25) is 4.79 Å². The lowest BCUT2D eigenvalue weighted by molar-refractivity contribution is -0.145. The van der Waals surface area contributed by atoms with E-state index >= 15 is 0 Å². The van der Waals surface area contributed by atoms with Crippen molar-refractivity contribution in [2.75, 3.05) is 6.61 Å². The first kappa shape index (κ1) is 19.6. The summed E-state index contributed by atoms with van der Waals surface area (Å²) in [6.07, 6.45) is -2.25. The van der Waals surface area contributed by atoms with Crippen molar-refractivity contribution in [2.24, 2.45) is 17.3 Å². The summed E-state index contributed by atoms with van der Waals surface area (Å²) in [5.74, 6) is -5.43. The maximum absolute atomic E-state index is 13.9. The Morgan fingerprint density at radius 3 is 2.50 bits per heavy atom. The number of carbonyl (C=O) groups is 1. The normalized spacial score (nSPS) is 35.6. The summed E-state index contributed by atoms with van der Waals surface area (Å²) in [6, 6.07) is 0. The summed E-state index contributed by atoms with van der Waals surface area (Å²) >= 11 is 16.5. The smallest absolute Gasteiger partial charge is 0.310 e. The Labute approximate surface area is 151 Å². The number of ether oxygens (including phenoxy) is 1. The standard InChI is InChI=1S/C15H13Cl3F4O2/c1-14(2)9(7(17)4-16)10(14)13(23)24-5-6-3-8(19)12(21)15(18,22)11(6)20/h3-4,9-11H,5H2,1-2H3/b7-4-. The van der Waals surface area contributed by atoms with Crippen LogP contribution < -0.4 is 0 Å². The van der Waals surface area contributed by atoms with Crippen LogP contribution >= 0.6 is 34.8 Å². The largest absolute Gasteiger partial charge is 0.461 e. The minimum absolute atomic E-state index is 0.267. The van der Waals surface area contributed by atoms with Crippen LogP contribution in [0.5, 0.6) is 0 Å². The van der Waals surface area contributed by atoms with Gasteiger partial charge in [-0.05, 0) is 11.5 Å². The van der Waals surface area contributed by atoms with E-state index in [9.17, 15) is 22.4 Å². The number of halogens is 7. The Morgan fingerprint density at radius 2 is 1.96 bits per heavy atom. The van der Waals surface area contributed by atoms with Crippen molar-refractivity contribution in [1.82, 2.24) is 0 Å². The SMILES string of the molecule is CC1(C)C(C(=O)OCC2=CC(F)=C(F)C(F)(Cl)C2F)C1/C(Cl)=C/Cl. The molecular formula is C15H13Cl3F4O2. The Balaban J connectivity index is 2.07. The molecule has 0 bridgehead atoms.